The summed E-state index contributed by atoms with van der Waals surface area (Å²) in [5, 5.41) is 0.0799. The molecule has 0 saturated carbocycles. The van der Waals surface area contributed by atoms with Crippen LogP contribution in [0.5, 0.6) is 5.75 Å². The molecule has 0 atom stereocenters. The van der Waals surface area contributed by atoms with Crippen LogP contribution >= 0.6 is 11.6 Å². The summed E-state index contributed by atoms with van der Waals surface area (Å²) in [7, 11) is 0. The average Bonchev–Trinajstić information content (AvgIpc) is 2.38. The zero-order valence-corrected chi connectivity index (χ0v) is 11.0. The number of carbonyl (C=O) groups excluding carboxylic acids is 1. The second kappa shape index (κ2) is 5.73. The quantitative estimate of drug-likeness (QED) is 0.597. The molecule has 0 aromatic heterocycles. The molecule has 7 heteroatoms. The Labute approximate surface area is 121 Å². The van der Waals surface area contributed by atoms with Crippen molar-refractivity contribution < 1.29 is 27.1 Å². The number of benzene rings is 2. The van der Waals surface area contributed by atoms with E-state index in [1.807, 2.05) is 0 Å². The highest BCUT2D eigenvalue weighted by atomic mass is 35.5. The van der Waals surface area contributed by atoms with E-state index < -0.39 is 17.9 Å². The van der Waals surface area contributed by atoms with Crippen molar-refractivity contribution >= 4 is 17.9 Å². The van der Waals surface area contributed by atoms with Gasteiger partial charge in [0.1, 0.15) is 11.6 Å². The second-order valence-corrected chi connectivity index (χ2v) is 4.45. The smallest absolute Gasteiger partial charge is 0.405 e. The molecule has 2 aromatic rings. The van der Waals surface area contributed by atoms with Crippen molar-refractivity contribution in [3.05, 3.63) is 52.8 Å². The molecule has 0 bridgehead atoms. The molecule has 0 unspecified atom stereocenters. The summed E-state index contributed by atoms with van der Waals surface area (Å²) in [6.07, 6.45) is -4.66. The van der Waals surface area contributed by atoms with Crippen molar-refractivity contribution in [2.24, 2.45) is 0 Å². The maximum absolute atomic E-state index is 13.0. The van der Waals surface area contributed by atoms with Crippen LogP contribution in [0.15, 0.2) is 36.4 Å². The minimum atomic E-state index is -4.90. The summed E-state index contributed by atoms with van der Waals surface area (Å²) in [4.78, 5) is 10.9. The molecule has 21 heavy (non-hydrogen) atoms. The Morgan fingerprint density at radius 1 is 1.10 bits per heavy atom. The number of alkyl halides is 3. The highest BCUT2D eigenvalue weighted by Gasteiger charge is 2.32. The van der Waals surface area contributed by atoms with Crippen LogP contribution in [0, 0.1) is 5.82 Å². The van der Waals surface area contributed by atoms with Crippen LogP contribution in [-0.2, 0) is 0 Å². The normalized spacial score (nSPS) is 11.3. The summed E-state index contributed by atoms with van der Waals surface area (Å²) >= 11 is 5.87. The van der Waals surface area contributed by atoms with Gasteiger partial charge in [0, 0.05) is 5.56 Å². The first-order valence-electron chi connectivity index (χ1n) is 5.60. The fourth-order valence-corrected chi connectivity index (χ4v) is 2.03. The lowest BCUT2D eigenvalue weighted by Gasteiger charge is -2.12. The molecule has 0 aliphatic heterocycles. The summed E-state index contributed by atoms with van der Waals surface area (Å²) < 4.78 is 53.3. The van der Waals surface area contributed by atoms with Crippen LogP contribution in [0.3, 0.4) is 0 Å². The zero-order valence-electron chi connectivity index (χ0n) is 10.2. The van der Waals surface area contributed by atoms with Gasteiger partial charge in [-0.2, -0.15) is 0 Å². The van der Waals surface area contributed by atoms with E-state index in [0.717, 1.165) is 18.2 Å². The predicted octanol–water partition coefficient (Wildman–Crippen LogP) is 4.86. The van der Waals surface area contributed by atoms with E-state index >= 15 is 0 Å². The van der Waals surface area contributed by atoms with Crippen LogP contribution in [-0.4, -0.2) is 12.6 Å². The largest absolute Gasteiger partial charge is 0.573 e. The van der Waals surface area contributed by atoms with Crippen molar-refractivity contribution in [3.8, 4) is 16.9 Å². The summed E-state index contributed by atoms with van der Waals surface area (Å²) in [6.45, 7) is 0. The molecular formula is C14H7ClF4O2. The van der Waals surface area contributed by atoms with Gasteiger partial charge in [-0.15, -0.1) is 13.2 Å². The number of hydrogen-bond acceptors (Lipinski definition) is 2. The van der Waals surface area contributed by atoms with E-state index in [4.69, 9.17) is 11.6 Å². The molecule has 2 nitrogen and oxygen atoms in total. The molecule has 0 amide bonds. The van der Waals surface area contributed by atoms with E-state index in [1.165, 1.54) is 18.2 Å². The Morgan fingerprint density at radius 2 is 1.81 bits per heavy atom. The number of ether oxygens (including phenoxy) is 1. The highest BCUT2D eigenvalue weighted by molar-refractivity contribution is 6.33. The zero-order chi connectivity index (χ0) is 15.6. The van der Waals surface area contributed by atoms with Gasteiger partial charge in [-0.1, -0.05) is 17.7 Å². The Balaban J connectivity index is 2.46. The third-order valence-corrected chi connectivity index (χ3v) is 2.92. The van der Waals surface area contributed by atoms with E-state index in [2.05, 4.69) is 4.74 Å². The standard InChI is InChI=1S/C14H7ClF4O2/c15-12-6-10(16)2-3-11(12)8-1-4-13(9(5-8)7-20)21-14(17,18)19/h1-7H. The Morgan fingerprint density at radius 3 is 2.38 bits per heavy atom. The molecule has 0 N–H and O–H groups in total. The van der Waals surface area contributed by atoms with E-state index in [9.17, 15) is 22.4 Å². The molecule has 0 radical (unpaired) electrons. The fraction of sp³-hybridized carbons (Fsp3) is 0.0714. The number of carbonyl (C=O) groups is 1. The van der Waals surface area contributed by atoms with Crippen molar-refractivity contribution in [2.75, 3.05) is 0 Å². The Bertz CT molecular complexity index is 683. The minimum absolute atomic E-state index is 0.0799. The van der Waals surface area contributed by atoms with Crippen LogP contribution in [0.4, 0.5) is 17.6 Å². The van der Waals surface area contributed by atoms with E-state index in [-0.39, 0.29) is 16.9 Å². The Hall–Kier alpha value is -2.08. The molecule has 0 aliphatic rings. The molecule has 0 aliphatic carbocycles. The topological polar surface area (TPSA) is 26.3 Å². The molecule has 2 aromatic carbocycles. The van der Waals surface area contributed by atoms with Gasteiger partial charge in [-0.05, 0) is 35.9 Å². The summed E-state index contributed by atoms with van der Waals surface area (Å²) in [5.41, 5.74) is 0.474. The third kappa shape index (κ3) is 3.72. The van der Waals surface area contributed by atoms with Gasteiger partial charge in [0.25, 0.3) is 0 Å². The average molecular weight is 319 g/mol. The van der Waals surface area contributed by atoms with Gasteiger partial charge in [0.05, 0.1) is 10.6 Å². The van der Waals surface area contributed by atoms with E-state index in [1.54, 1.807) is 0 Å². The lowest BCUT2D eigenvalue weighted by atomic mass is 10.0. The minimum Gasteiger partial charge on any atom is -0.405 e. The van der Waals surface area contributed by atoms with Gasteiger partial charge < -0.3 is 4.74 Å². The van der Waals surface area contributed by atoms with Gasteiger partial charge in [-0.3, -0.25) is 4.79 Å². The van der Waals surface area contributed by atoms with Crippen LogP contribution < -0.4 is 4.74 Å². The van der Waals surface area contributed by atoms with Gasteiger partial charge in [0.15, 0.2) is 6.29 Å². The van der Waals surface area contributed by atoms with Gasteiger partial charge in [-0.25, -0.2) is 4.39 Å². The second-order valence-electron chi connectivity index (χ2n) is 4.04. The van der Waals surface area contributed by atoms with Gasteiger partial charge >= 0.3 is 6.36 Å². The molecular weight excluding hydrogens is 312 g/mol. The van der Waals surface area contributed by atoms with Crippen LogP contribution in [0.2, 0.25) is 5.02 Å². The maximum Gasteiger partial charge on any atom is 0.573 e. The predicted molar refractivity (Wildman–Crippen MR) is 68.9 cm³/mol. The van der Waals surface area contributed by atoms with Crippen LogP contribution in [0.1, 0.15) is 10.4 Å². The van der Waals surface area contributed by atoms with Crippen molar-refractivity contribution in [1.82, 2.24) is 0 Å². The maximum atomic E-state index is 13.0. The molecule has 0 heterocycles. The molecule has 0 saturated heterocycles. The lowest BCUT2D eigenvalue weighted by Crippen LogP contribution is -2.18. The number of halogens is 5. The Kier molecular flexibility index (Phi) is 4.18. The first kappa shape index (κ1) is 15.3. The van der Waals surface area contributed by atoms with Gasteiger partial charge in [0.2, 0.25) is 0 Å². The van der Waals surface area contributed by atoms with Crippen molar-refractivity contribution in [1.29, 1.82) is 0 Å². The molecule has 0 spiro atoms. The summed E-state index contributed by atoms with van der Waals surface area (Å²) in [5.74, 6) is -1.16. The number of hydrogen-bond donors (Lipinski definition) is 0. The van der Waals surface area contributed by atoms with Crippen molar-refractivity contribution in [3.63, 3.8) is 0 Å². The molecule has 2 rings (SSSR count). The number of rotatable bonds is 3. The fourth-order valence-electron chi connectivity index (χ4n) is 1.75. The lowest BCUT2D eigenvalue weighted by molar-refractivity contribution is -0.274. The van der Waals surface area contributed by atoms with E-state index in [0.29, 0.717) is 11.1 Å². The number of aldehydes is 1. The first-order chi connectivity index (χ1) is 9.80. The van der Waals surface area contributed by atoms with Crippen molar-refractivity contribution in [2.45, 2.75) is 6.36 Å². The van der Waals surface area contributed by atoms with Crippen LogP contribution in [0.25, 0.3) is 11.1 Å². The molecule has 110 valence electrons. The monoisotopic (exact) mass is 318 g/mol. The molecule has 0 fully saturated rings. The highest BCUT2D eigenvalue weighted by Crippen LogP contribution is 2.33. The third-order valence-electron chi connectivity index (χ3n) is 2.60. The first-order valence-corrected chi connectivity index (χ1v) is 5.98. The SMILES string of the molecule is O=Cc1cc(-c2ccc(F)cc2Cl)ccc1OC(F)(F)F. The summed E-state index contributed by atoms with van der Waals surface area (Å²) in [6, 6.07) is 7.08.